The molecule has 1 amide bonds. The topological polar surface area (TPSA) is 102 Å². The lowest BCUT2D eigenvalue weighted by Gasteiger charge is -2.25. The molecule has 6 nitrogen and oxygen atoms in total. The first kappa shape index (κ1) is 16.0. The quantitative estimate of drug-likeness (QED) is 0.661. The Morgan fingerprint density at radius 2 is 2.00 bits per heavy atom. The Kier molecular flexibility index (Phi) is 5.99. The lowest BCUT2D eigenvalue weighted by molar-refractivity contribution is -0.144. The zero-order valence-electron chi connectivity index (χ0n) is 11.5. The third-order valence-electron chi connectivity index (χ3n) is 2.84. The molecule has 0 spiro atoms. The number of carbonyl (C=O) groups is 2. The molecule has 110 valence electrons. The van der Waals surface area contributed by atoms with Crippen molar-refractivity contribution in [1.29, 1.82) is 0 Å². The van der Waals surface area contributed by atoms with Crippen LogP contribution in [0.2, 0.25) is 0 Å². The molecule has 0 aliphatic rings. The lowest BCUT2D eigenvalue weighted by Crippen LogP contribution is -2.61. The summed E-state index contributed by atoms with van der Waals surface area (Å²) in [6.07, 6.45) is 0.698. The van der Waals surface area contributed by atoms with Gasteiger partial charge in [0.25, 0.3) is 0 Å². The number of carbonyl (C=O) groups excluding carboxylic acids is 1. The minimum Gasteiger partial charge on any atom is -0.478 e. The van der Waals surface area contributed by atoms with Crippen molar-refractivity contribution in [2.75, 3.05) is 0 Å². The number of aliphatic carboxylic acids is 1. The molecule has 0 aliphatic carbocycles. The molecule has 1 aromatic rings. The maximum atomic E-state index is 11.6. The third-order valence-corrected chi connectivity index (χ3v) is 2.84. The van der Waals surface area contributed by atoms with Crippen molar-refractivity contribution >= 4 is 12.1 Å². The predicted octanol–water partition coefficient (Wildman–Crippen LogP) is 1.84. The van der Waals surface area contributed by atoms with E-state index >= 15 is 0 Å². The highest BCUT2D eigenvalue weighted by atomic mass is 16.5. The zero-order chi connectivity index (χ0) is 15.0. The van der Waals surface area contributed by atoms with Crippen LogP contribution < -0.4 is 11.1 Å². The molecule has 0 radical (unpaired) electrons. The monoisotopic (exact) mass is 280 g/mol. The highest BCUT2D eigenvalue weighted by Gasteiger charge is 2.35. The van der Waals surface area contributed by atoms with Gasteiger partial charge in [0.1, 0.15) is 6.61 Å². The first-order chi connectivity index (χ1) is 9.48. The van der Waals surface area contributed by atoms with E-state index in [2.05, 4.69) is 5.32 Å². The van der Waals surface area contributed by atoms with Gasteiger partial charge in [-0.2, -0.15) is 0 Å². The Balaban J connectivity index is 2.52. The number of nitrogens with two attached hydrogens (primary N) is 1. The Labute approximate surface area is 117 Å². The number of nitrogens with one attached hydrogen (secondary N) is 1. The number of carboxylic acid groups (broad SMARTS) is 1. The average molecular weight is 280 g/mol. The third kappa shape index (κ3) is 4.89. The van der Waals surface area contributed by atoms with Gasteiger partial charge >= 0.3 is 12.1 Å². The summed E-state index contributed by atoms with van der Waals surface area (Å²) < 4.78 is 4.96. The van der Waals surface area contributed by atoms with Crippen LogP contribution in [0.5, 0.6) is 0 Å². The maximum absolute atomic E-state index is 11.6. The van der Waals surface area contributed by atoms with E-state index in [0.29, 0.717) is 6.42 Å². The number of carboxylic acids is 1. The van der Waals surface area contributed by atoms with Crippen LogP contribution in [0.1, 0.15) is 31.7 Å². The van der Waals surface area contributed by atoms with Crippen molar-refractivity contribution in [2.24, 2.45) is 5.73 Å². The molecule has 0 saturated carbocycles. The first-order valence-electron chi connectivity index (χ1n) is 6.49. The molecular weight excluding hydrogens is 260 g/mol. The molecule has 1 rings (SSSR count). The number of benzene rings is 1. The van der Waals surface area contributed by atoms with Gasteiger partial charge in [0.15, 0.2) is 5.66 Å². The van der Waals surface area contributed by atoms with Gasteiger partial charge in [-0.3, -0.25) is 11.1 Å². The second-order valence-corrected chi connectivity index (χ2v) is 4.57. The fraction of sp³-hybridized carbons (Fsp3) is 0.429. The highest BCUT2D eigenvalue weighted by molar-refractivity contribution is 5.83. The molecule has 20 heavy (non-hydrogen) atoms. The molecule has 0 heterocycles. The number of ether oxygens (including phenoxy) is 1. The summed E-state index contributed by atoms with van der Waals surface area (Å²) in [5, 5.41) is 11.3. The normalized spacial score (nSPS) is 13.3. The molecule has 0 fully saturated rings. The summed E-state index contributed by atoms with van der Waals surface area (Å²) in [7, 11) is 0. The Bertz CT molecular complexity index is 450. The number of amides is 1. The van der Waals surface area contributed by atoms with Gasteiger partial charge in [0, 0.05) is 0 Å². The van der Waals surface area contributed by atoms with Crippen LogP contribution in [0.3, 0.4) is 0 Å². The van der Waals surface area contributed by atoms with Crippen LogP contribution in [0.4, 0.5) is 4.79 Å². The molecular formula is C14H20N2O4. The van der Waals surface area contributed by atoms with Crippen molar-refractivity contribution in [1.82, 2.24) is 5.32 Å². The number of hydrogen-bond donors (Lipinski definition) is 3. The summed E-state index contributed by atoms with van der Waals surface area (Å²) in [5.41, 5.74) is 4.71. The van der Waals surface area contributed by atoms with E-state index in [1.54, 1.807) is 12.1 Å². The van der Waals surface area contributed by atoms with Gasteiger partial charge in [-0.1, -0.05) is 43.7 Å². The molecule has 0 bridgehead atoms. The standard InChI is InChI=1S/C14H20N2O4/c1-2-3-9-14(15,12(17)18)16-13(19)20-10-11-7-5-4-6-8-11/h4-8H,2-3,9-10,15H2,1H3,(H,16,19)(H,17,18). The predicted molar refractivity (Wildman–Crippen MR) is 73.8 cm³/mol. The molecule has 4 N–H and O–H groups in total. The molecule has 6 heteroatoms. The molecule has 0 aromatic heterocycles. The van der Waals surface area contributed by atoms with Gasteiger partial charge < -0.3 is 9.84 Å². The molecule has 0 aliphatic heterocycles. The summed E-state index contributed by atoms with van der Waals surface area (Å²) >= 11 is 0. The lowest BCUT2D eigenvalue weighted by atomic mass is 10.0. The van der Waals surface area contributed by atoms with Crippen LogP contribution in [0, 0.1) is 0 Å². The van der Waals surface area contributed by atoms with Crippen LogP contribution >= 0.6 is 0 Å². The van der Waals surface area contributed by atoms with E-state index in [-0.39, 0.29) is 13.0 Å². The number of alkyl carbamates (subject to hydrolysis) is 1. The number of rotatable bonds is 7. The molecule has 1 atom stereocenters. The number of hydrogen-bond acceptors (Lipinski definition) is 4. The van der Waals surface area contributed by atoms with E-state index in [1.807, 2.05) is 25.1 Å². The SMILES string of the molecule is CCCCC(N)(NC(=O)OCc1ccccc1)C(=O)O. The van der Waals surface area contributed by atoms with E-state index in [0.717, 1.165) is 12.0 Å². The minimum atomic E-state index is -1.79. The Morgan fingerprint density at radius 1 is 1.35 bits per heavy atom. The van der Waals surface area contributed by atoms with Crippen molar-refractivity contribution in [2.45, 2.75) is 38.5 Å². The Hall–Kier alpha value is -2.08. The van der Waals surface area contributed by atoms with Gasteiger partial charge in [-0.05, 0) is 18.4 Å². The second-order valence-electron chi connectivity index (χ2n) is 4.57. The Morgan fingerprint density at radius 3 is 2.55 bits per heavy atom. The largest absolute Gasteiger partial charge is 0.478 e. The van der Waals surface area contributed by atoms with Gasteiger partial charge in [0.2, 0.25) is 0 Å². The van der Waals surface area contributed by atoms with E-state index in [4.69, 9.17) is 15.6 Å². The summed E-state index contributed by atoms with van der Waals surface area (Å²) in [6, 6.07) is 9.10. The summed E-state index contributed by atoms with van der Waals surface area (Å²) in [6.45, 7) is 1.98. The van der Waals surface area contributed by atoms with Gasteiger partial charge in [-0.15, -0.1) is 0 Å². The summed E-state index contributed by atoms with van der Waals surface area (Å²) in [4.78, 5) is 22.8. The smallest absolute Gasteiger partial charge is 0.409 e. The highest BCUT2D eigenvalue weighted by Crippen LogP contribution is 2.09. The van der Waals surface area contributed by atoms with Crippen molar-refractivity contribution in [3.8, 4) is 0 Å². The number of unbranched alkanes of at least 4 members (excludes halogenated alkanes) is 1. The molecule has 0 saturated heterocycles. The van der Waals surface area contributed by atoms with Crippen molar-refractivity contribution < 1.29 is 19.4 Å². The fourth-order valence-corrected chi connectivity index (χ4v) is 1.62. The fourth-order valence-electron chi connectivity index (χ4n) is 1.62. The van der Waals surface area contributed by atoms with Crippen LogP contribution in [-0.2, 0) is 16.1 Å². The molecule has 1 unspecified atom stereocenters. The molecule has 1 aromatic carbocycles. The van der Waals surface area contributed by atoms with Crippen molar-refractivity contribution in [3.63, 3.8) is 0 Å². The van der Waals surface area contributed by atoms with Crippen molar-refractivity contribution in [3.05, 3.63) is 35.9 Å². The zero-order valence-corrected chi connectivity index (χ0v) is 11.5. The first-order valence-corrected chi connectivity index (χ1v) is 6.49. The van der Waals surface area contributed by atoms with Crippen LogP contribution in [0.15, 0.2) is 30.3 Å². The van der Waals surface area contributed by atoms with Crippen LogP contribution in [-0.4, -0.2) is 22.8 Å². The summed E-state index contributed by atoms with van der Waals surface area (Å²) in [5.74, 6) is -1.28. The van der Waals surface area contributed by atoms with E-state index < -0.39 is 17.7 Å². The van der Waals surface area contributed by atoms with Gasteiger partial charge in [-0.25, -0.2) is 9.59 Å². The van der Waals surface area contributed by atoms with Gasteiger partial charge in [0.05, 0.1) is 0 Å². The second kappa shape index (κ2) is 7.49. The maximum Gasteiger partial charge on any atom is 0.409 e. The van der Waals surface area contributed by atoms with E-state index in [9.17, 15) is 9.59 Å². The van der Waals surface area contributed by atoms with E-state index in [1.165, 1.54) is 0 Å². The van der Waals surface area contributed by atoms with Crippen LogP contribution in [0.25, 0.3) is 0 Å². The minimum absolute atomic E-state index is 0.0656. The average Bonchev–Trinajstić information content (AvgIpc) is 2.44.